The zero-order valence-electron chi connectivity index (χ0n) is 15.6. The molecule has 6 heteroatoms. The zero-order chi connectivity index (χ0) is 19.9. The Morgan fingerprint density at radius 1 is 1.04 bits per heavy atom. The van der Waals surface area contributed by atoms with Gasteiger partial charge in [-0.3, -0.25) is 4.90 Å². The van der Waals surface area contributed by atoms with E-state index < -0.39 is 29.1 Å². The predicted molar refractivity (Wildman–Crippen MR) is 101 cm³/mol. The molecule has 0 radical (unpaired) electrons. The lowest BCUT2D eigenvalue weighted by molar-refractivity contribution is 0.0328. The molecule has 1 heterocycles. The molecule has 4 nitrogen and oxygen atoms in total. The van der Waals surface area contributed by atoms with Crippen molar-refractivity contribution in [3.63, 3.8) is 0 Å². The highest BCUT2D eigenvalue weighted by atomic mass is 19.1. The molecule has 2 aromatic carbocycles. The fourth-order valence-corrected chi connectivity index (χ4v) is 4.95. The van der Waals surface area contributed by atoms with Crippen LogP contribution in [0.4, 0.5) is 8.78 Å². The molecule has 3 N–H and O–H groups in total. The van der Waals surface area contributed by atoms with Gasteiger partial charge in [-0.05, 0) is 47.9 Å². The van der Waals surface area contributed by atoms with Crippen molar-refractivity contribution in [2.24, 2.45) is 11.8 Å². The summed E-state index contributed by atoms with van der Waals surface area (Å²) in [4.78, 5) is 2.09. The summed E-state index contributed by atoms with van der Waals surface area (Å²) in [6.07, 6.45) is 1.06. The van der Waals surface area contributed by atoms with E-state index in [1.807, 2.05) is 30.3 Å². The Kier molecular flexibility index (Phi) is 5.12. The van der Waals surface area contributed by atoms with Crippen molar-refractivity contribution in [3.05, 3.63) is 65.2 Å². The van der Waals surface area contributed by atoms with E-state index in [4.69, 9.17) is 0 Å². The molecule has 1 saturated carbocycles. The molecule has 0 amide bonds. The van der Waals surface area contributed by atoms with Crippen LogP contribution in [0, 0.1) is 23.5 Å². The van der Waals surface area contributed by atoms with Gasteiger partial charge in [0, 0.05) is 26.1 Å². The summed E-state index contributed by atoms with van der Waals surface area (Å²) < 4.78 is 27.0. The van der Waals surface area contributed by atoms with Gasteiger partial charge in [0.05, 0.1) is 11.7 Å². The molecule has 1 unspecified atom stereocenters. The molecule has 2 fully saturated rings. The molecule has 2 aliphatic rings. The van der Waals surface area contributed by atoms with Gasteiger partial charge >= 0.3 is 0 Å². The largest absolute Gasteiger partial charge is 0.503 e. The molecule has 4 atom stereocenters. The van der Waals surface area contributed by atoms with Gasteiger partial charge in [0.25, 0.3) is 0 Å². The van der Waals surface area contributed by atoms with Crippen molar-refractivity contribution in [1.29, 1.82) is 0 Å². The van der Waals surface area contributed by atoms with Gasteiger partial charge in [0.15, 0.2) is 17.4 Å². The average Bonchev–Trinajstić information content (AvgIpc) is 3.13. The first-order chi connectivity index (χ1) is 13.3. The molecule has 0 spiro atoms. The molecular formula is C22H25F2NO3. The SMILES string of the molecule is Oc1c(F)cc(C(O)CN2C[C@@H]3C[C@@](O)(Cc4ccccc4)C[C@@H]3C2)cc1F. The van der Waals surface area contributed by atoms with E-state index in [0.717, 1.165) is 43.6 Å². The molecule has 150 valence electrons. The number of rotatable bonds is 5. The Bertz CT molecular complexity index is 808. The maximum absolute atomic E-state index is 13.5. The quantitative estimate of drug-likeness (QED) is 0.736. The minimum atomic E-state index is -1.07. The minimum absolute atomic E-state index is 0.116. The summed E-state index contributed by atoms with van der Waals surface area (Å²) >= 11 is 0. The lowest BCUT2D eigenvalue weighted by Crippen LogP contribution is -2.33. The summed E-state index contributed by atoms with van der Waals surface area (Å²) in [5.74, 6) is -2.45. The molecule has 1 aliphatic heterocycles. The summed E-state index contributed by atoms with van der Waals surface area (Å²) in [5, 5.41) is 30.6. The first-order valence-electron chi connectivity index (χ1n) is 9.67. The number of likely N-dealkylation sites (tertiary alicyclic amines) is 1. The fourth-order valence-electron chi connectivity index (χ4n) is 4.95. The van der Waals surface area contributed by atoms with Gasteiger partial charge in [-0.25, -0.2) is 8.78 Å². The molecule has 28 heavy (non-hydrogen) atoms. The fraction of sp³-hybridized carbons (Fsp3) is 0.455. The predicted octanol–water partition coefficient (Wildman–Crippen LogP) is 3.02. The third-order valence-corrected chi connectivity index (χ3v) is 6.17. The average molecular weight is 389 g/mol. The van der Waals surface area contributed by atoms with Crippen molar-refractivity contribution in [3.8, 4) is 5.75 Å². The van der Waals surface area contributed by atoms with Crippen LogP contribution >= 0.6 is 0 Å². The maximum Gasteiger partial charge on any atom is 0.187 e. The van der Waals surface area contributed by atoms with Crippen LogP contribution in [0.5, 0.6) is 5.75 Å². The van der Waals surface area contributed by atoms with Gasteiger partial charge < -0.3 is 15.3 Å². The number of phenols is 1. The number of aliphatic hydroxyl groups excluding tert-OH is 1. The second kappa shape index (κ2) is 7.43. The lowest BCUT2D eigenvalue weighted by Gasteiger charge is -2.27. The van der Waals surface area contributed by atoms with Gasteiger partial charge in [-0.15, -0.1) is 0 Å². The van der Waals surface area contributed by atoms with E-state index in [0.29, 0.717) is 18.3 Å². The highest BCUT2D eigenvalue weighted by Crippen LogP contribution is 2.45. The van der Waals surface area contributed by atoms with Crippen LogP contribution in [0.3, 0.4) is 0 Å². The molecule has 0 bridgehead atoms. The van der Waals surface area contributed by atoms with Crippen molar-refractivity contribution in [2.75, 3.05) is 19.6 Å². The van der Waals surface area contributed by atoms with E-state index >= 15 is 0 Å². The lowest BCUT2D eigenvalue weighted by atomic mass is 9.91. The number of halogens is 2. The van der Waals surface area contributed by atoms with Gasteiger partial charge in [0.1, 0.15) is 0 Å². The summed E-state index contributed by atoms with van der Waals surface area (Å²) in [6.45, 7) is 1.78. The molecule has 0 aromatic heterocycles. The molecule has 2 aromatic rings. The minimum Gasteiger partial charge on any atom is -0.503 e. The third-order valence-electron chi connectivity index (χ3n) is 6.17. The topological polar surface area (TPSA) is 63.9 Å². The van der Waals surface area contributed by atoms with Gasteiger partial charge in [-0.2, -0.15) is 0 Å². The monoisotopic (exact) mass is 389 g/mol. The molecule has 4 rings (SSSR count). The number of aromatic hydroxyl groups is 1. The van der Waals surface area contributed by atoms with Crippen LogP contribution in [-0.4, -0.2) is 45.5 Å². The normalized spacial score (nSPS) is 28.4. The number of hydrogen-bond donors (Lipinski definition) is 3. The first-order valence-corrected chi connectivity index (χ1v) is 9.67. The Balaban J connectivity index is 1.35. The summed E-state index contributed by atoms with van der Waals surface area (Å²) in [6, 6.07) is 11.9. The molecule has 1 saturated heterocycles. The second-order valence-electron chi connectivity index (χ2n) is 8.38. The van der Waals surface area contributed by atoms with Gasteiger partial charge in [0.2, 0.25) is 0 Å². The number of hydrogen-bond acceptors (Lipinski definition) is 4. The standard InChI is InChI=1S/C22H25F2NO3/c23-18-6-15(7-19(24)21(18)27)20(26)13-25-11-16-9-22(28,10-17(16)12-25)8-14-4-2-1-3-5-14/h1-7,16-17,20,26-28H,8-13H2/t16-,17+,20?,22-. The van der Waals surface area contributed by atoms with Crippen LogP contribution in [0.15, 0.2) is 42.5 Å². The number of nitrogens with zero attached hydrogens (tertiary/aromatic N) is 1. The second-order valence-corrected chi connectivity index (χ2v) is 8.38. The van der Waals surface area contributed by atoms with Crippen molar-refractivity contribution in [2.45, 2.75) is 31.0 Å². The Labute approximate surface area is 163 Å². The Morgan fingerprint density at radius 3 is 2.18 bits per heavy atom. The number of benzene rings is 2. The highest BCUT2D eigenvalue weighted by molar-refractivity contribution is 5.31. The molecular weight excluding hydrogens is 364 g/mol. The van der Waals surface area contributed by atoms with Crippen molar-refractivity contribution in [1.82, 2.24) is 4.90 Å². The van der Waals surface area contributed by atoms with Crippen LogP contribution in [0.25, 0.3) is 0 Å². The highest BCUT2D eigenvalue weighted by Gasteiger charge is 2.48. The number of aliphatic hydroxyl groups is 2. The van der Waals surface area contributed by atoms with Crippen molar-refractivity contribution >= 4 is 0 Å². The number of phenolic OH excluding ortho intramolecular Hbond substituents is 1. The summed E-state index contributed by atoms with van der Waals surface area (Å²) in [5.41, 5.74) is 0.559. The van der Waals surface area contributed by atoms with E-state index in [-0.39, 0.29) is 12.1 Å². The van der Waals surface area contributed by atoms with Crippen molar-refractivity contribution < 1.29 is 24.1 Å². The van der Waals surface area contributed by atoms with E-state index in [2.05, 4.69) is 4.90 Å². The Hall–Kier alpha value is -2.02. The van der Waals surface area contributed by atoms with Crippen LogP contribution in [0.1, 0.15) is 30.1 Å². The number of fused-ring (bicyclic) bond motifs is 1. The van der Waals surface area contributed by atoms with Gasteiger partial charge in [-0.1, -0.05) is 30.3 Å². The third kappa shape index (κ3) is 3.90. The zero-order valence-corrected chi connectivity index (χ0v) is 15.6. The van der Waals surface area contributed by atoms with Crippen LogP contribution < -0.4 is 0 Å². The Morgan fingerprint density at radius 2 is 1.61 bits per heavy atom. The van der Waals surface area contributed by atoms with E-state index in [9.17, 15) is 24.1 Å². The number of β-amino-alcohol motifs (C(OH)–C–C–N with tert-alkyl or cyclic N) is 1. The van der Waals surface area contributed by atoms with E-state index in [1.165, 1.54) is 0 Å². The maximum atomic E-state index is 13.5. The first kappa shape index (κ1) is 19.3. The molecule has 1 aliphatic carbocycles. The smallest absolute Gasteiger partial charge is 0.187 e. The van der Waals surface area contributed by atoms with E-state index in [1.54, 1.807) is 0 Å². The van der Waals surface area contributed by atoms with Crippen LogP contribution in [0.2, 0.25) is 0 Å². The summed E-state index contributed by atoms with van der Waals surface area (Å²) in [7, 11) is 0. The van der Waals surface area contributed by atoms with Crippen LogP contribution in [-0.2, 0) is 6.42 Å².